The van der Waals surface area contributed by atoms with Crippen LogP contribution in [0.4, 0.5) is 0 Å². The maximum absolute atomic E-state index is 10.9. The Hall–Kier alpha value is -3.05. The zero-order valence-corrected chi connectivity index (χ0v) is 17.0. The number of furan rings is 1. The first kappa shape index (κ1) is 20.7. The van der Waals surface area contributed by atoms with Crippen molar-refractivity contribution in [2.75, 3.05) is 13.1 Å². The predicted octanol–water partition coefficient (Wildman–Crippen LogP) is 4.03. The minimum Gasteiger partial charge on any atom is -0.469 e. The molecule has 0 spiro atoms. The SMILES string of the molecule is CC(NC(=NCC(C)(O)c1ccccc1)NCCc1ccco1)c1ccccc1. The lowest BCUT2D eigenvalue weighted by Crippen LogP contribution is -2.41. The van der Waals surface area contributed by atoms with Gasteiger partial charge in [0.2, 0.25) is 0 Å². The second-order valence-electron chi connectivity index (χ2n) is 7.34. The van der Waals surface area contributed by atoms with Crippen LogP contribution in [0.3, 0.4) is 0 Å². The molecule has 0 amide bonds. The Labute approximate surface area is 172 Å². The molecular weight excluding hydrogens is 362 g/mol. The van der Waals surface area contributed by atoms with E-state index in [9.17, 15) is 5.11 Å². The van der Waals surface area contributed by atoms with Crippen molar-refractivity contribution in [2.45, 2.75) is 31.9 Å². The molecule has 0 bridgehead atoms. The van der Waals surface area contributed by atoms with E-state index in [2.05, 4.69) is 34.7 Å². The van der Waals surface area contributed by atoms with Gasteiger partial charge in [-0.25, -0.2) is 4.99 Å². The van der Waals surface area contributed by atoms with Crippen molar-refractivity contribution in [2.24, 2.45) is 4.99 Å². The number of aliphatic hydroxyl groups is 1. The van der Waals surface area contributed by atoms with Gasteiger partial charge in [-0.1, -0.05) is 60.7 Å². The Balaban J connectivity index is 1.69. The number of nitrogens with one attached hydrogen (secondary N) is 2. The van der Waals surface area contributed by atoms with E-state index in [0.29, 0.717) is 12.5 Å². The molecule has 0 radical (unpaired) electrons. The third-order valence-electron chi connectivity index (χ3n) is 4.84. The van der Waals surface area contributed by atoms with Gasteiger partial charge < -0.3 is 20.2 Å². The molecule has 5 nitrogen and oxygen atoms in total. The van der Waals surface area contributed by atoms with E-state index in [1.165, 1.54) is 5.56 Å². The summed E-state index contributed by atoms with van der Waals surface area (Å²) in [6.07, 6.45) is 2.43. The average Bonchev–Trinajstić information content (AvgIpc) is 3.26. The van der Waals surface area contributed by atoms with E-state index in [4.69, 9.17) is 4.42 Å². The second kappa shape index (κ2) is 9.94. The number of guanidine groups is 1. The maximum Gasteiger partial charge on any atom is 0.191 e. The van der Waals surface area contributed by atoms with E-state index >= 15 is 0 Å². The summed E-state index contributed by atoms with van der Waals surface area (Å²) in [5, 5.41) is 17.7. The summed E-state index contributed by atoms with van der Waals surface area (Å²) in [5.74, 6) is 1.58. The van der Waals surface area contributed by atoms with Crippen molar-refractivity contribution in [3.05, 3.63) is 95.9 Å². The van der Waals surface area contributed by atoms with Crippen LogP contribution in [-0.4, -0.2) is 24.2 Å². The van der Waals surface area contributed by atoms with Gasteiger partial charge in [-0.15, -0.1) is 0 Å². The molecule has 0 saturated heterocycles. The van der Waals surface area contributed by atoms with Crippen LogP contribution in [0.2, 0.25) is 0 Å². The summed E-state index contributed by atoms with van der Waals surface area (Å²) in [4.78, 5) is 4.67. The zero-order chi connectivity index (χ0) is 20.5. The van der Waals surface area contributed by atoms with Gasteiger partial charge in [0.05, 0.1) is 18.8 Å². The Kier molecular flexibility index (Phi) is 7.09. The largest absolute Gasteiger partial charge is 0.469 e. The monoisotopic (exact) mass is 391 g/mol. The van der Waals surface area contributed by atoms with Crippen LogP contribution in [0.5, 0.6) is 0 Å². The first-order valence-electron chi connectivity index (χ1n) is 9.95. The van der Waals surface area contributed by atoms with Crippen LogP contribution in [-0.2, 0) is 12.0 Å². The van der Waals surface area contributed by atoms with Crippen LogP contribution < -0.4 is 10.6 Å². The Morgan fingerprint density at radius 3 is 2.38 bits per heavy atom. The molecule has 1 heterocycles. The van der Waals surface area contributed by atoms with Crippen molar-refractivity contribution in [3.63, 3.8) is 0 Å². The van der Waals surface area contributed by atoms with E-state index < -0.39 is 5.60 Å². The highest BCUT2D eigenvalue weighted by molar-refractivity contribution is 5.80. The molecule has 2 aromatic carbocycles. The topological polar surface area (TPSA) is 69.8 Å². The number of aliphatic imine (C=N–C) groups is 1. The first-order valence-corrected chi connectivity index (χ1v) is 9.95. The third kappa shape index (κ3) is 6.22. The highest BCUT2D eigenvalue weighted by Crippen LogP contribution is 2.20. The number of hydrogen-bond acceptors (Lipinski definition) is 3. The Morgan fingerprint density at radius 2 is 1.72 bits per heavy atom. The molecule has 0 aliphatic heterocycles. The summed E-state index contributed by atoms with van der Waals surface area (Å²) in [7, 11) is 0. The third-order valence-corrected chi connectivity index (χ3v) is 4.84. The van der Waals surface area contributed by atoms with E-state index in [-0.39, 0.29) is 12.6 Å². The van der Waals surface area contributed by atoms with Crippen LogP contribution in [0, 0.1) is 0 Å². The van der Waals surface area contributed by atoms with Crippen molar-refractivity contribution < 1.29 is 9.52 Å². The standard InChI is InChI=1S/C24H29N3O2/c1-19(20-10-5-3-6-11-20)27-23(25-16-15-22-14-9-17-29-22)26-18-24(2,28)21-12-7-4-8-13-21/h3-14,17,19,28H,15-16,18H2,1-2H3,(H2,25,26,27). The van der Waals surface area contributed by atoms with Crippen LogP contribution in [0.15, 0.2) is 88.5 Å². The van der Waals surface area contributed by atoms with Gasteiger partial charge >= 0.3 is 0 Å². The van der Waals surface area contributed by atoms with Crippen molar-refractivity contribution in [1.82, 2.24) is 10.6 Å². The molecule has 3 aromatic rings. The predicted molar refractivity (Wildman–Crippen MR) is 117 cm³/mol. The summed E-state index contributed by atoms with van der Waals surface area (Å²) in [6, 6.07) is 23.7. The van der Waals surface area contributed by atoms with Crippen LogP contribution >= 0.6 is 0 Å². The van der Waals surface area contributed by atoms with Gasteiger partial charge in [-0.3, -0.25) is 0 Å². The molecule has 29 heavy (non-hydrogen) atoms. The molecular formula is C24H29N3O2. The first-order chi connectivity index (χ1) is 14.0. The molecule has 2 unspecified atom stereocenters. The van der Waals surface area contributed by atoms with E-state index in [1.54, 1.807) is 13.2 Å². The lowest BCUT2D eigenvalue weighted by molar-refractivity contribution is 0.0672. The van der Waals surface area contributed by atoms with Gasteiger partial charge in [0.15, 0.2) is 5.96 Å². The minimum atomic E-state index is -1.05. The van der Waals surface area contributed by atoms with Gasteiger partial charge in [0.25, 0.3) is 0 Å². The highest BCUT2D eigenvalue weighted by Gasteiger charge is 2.22. The summed E-state index contributed by atoms with van der Waals surface area (Å²) < 4.78 is 5.40. The van der Waals surface area contributed by atoms with Gasteiger partial charge in [0, 0.05) is 13.0 Å². The van der Waals surface area contributed by atoms with Gasteiger partial charge in [-0.2, -0.15) is 0 Å². The zero-order valence-electron chi connectivity index (χ0n) is 17.0. The summed E-state index contributed by atoms with van der Waals surface area (Å²) >= 11 is 0. The quantitative estimate of drug-likeness (QED) is 0.401. The minimum absolute atomic E-state index is 0.0766. The number of rotatable bonds is 8. The van der Waals surface area contributed by atoms with Gasteiger partial charge in [0.1, 0.15) is 11.4 Å². The number of nitrogens with zero attached hydrogens (tertiary/aromatic N) is 1. The van der Waals surface area contributed by atoms with Crippen molar-refractivity contribution in [3.8, 4) is 0 Å². The van der Waals surface area contributed by atoms with Gasteiger partial charge in [-0.05, 0) is 37.1 Å². The lowest BCUT2D eigenvalue weighted by atomic mass is 9.96. The summed E-state index contributed by atoms with van der Waals surface area (Å²) in [6.45, 7) is 4.80. The molecule has 152 valence electrons. The molecule has 0 fully saturated rings. The molecule has 3 rings (SSSR count). The molecule has 0 aliphatic rings. The smallest absolute Gasteiger partial charge is 0.191 e. The van der Waals surface area contributed by atoms with E-state index in [0.717, 1.165) is 17.7 Å². The fourth-order valence-electron chi connectivity index (χ4n) is 3.06. The summed E-state index contributed by atoms with van der Waals surface area (Å²) in [5.41, 5.74) is 0.963. The molecule has 0 aliphatic carbocycles. The maximum atomic E-state index is 10.9. The Morgan fingerprint density at radius 1 is 1.03 bits per heavy atom. The molecule has 3 N–H and O–H groups in total. The Bertz CT molecular complexity index is 875. The fourth-order valence-corrected chi connectivity index (χ4v) is 3.06. The van der Waals surface area contributed by atoms with Crippen molar-refractivity contribution >= 4 is 5.96 Å². The lowest BCUT2D eigenvalue weighted by Gasteiger charge is -2.24. The molecule has 5 heteroatoms. The fraction of sp³-hybridized carbons (Fsp3) is 0.292. The molecule has 0 saturated carbocycles. The van der Waals surface area contributed by atoms with Crippen LogP contribution in [0.1, 0.15) is 36.8 Å². The number of benzene rings is 2. The number of hydrogen-bond donors (Lipinski definition) is 3. The average molecular weight is 392 g/mol. The molecule has 1 aromatic heterocycles. The normalized spacial score (nSPS) is 14.8. The second-order valence-corrected chi connectivity index (χ2v) is 7.34. The van der Waals surface area contributed by atoms with Crippen LogP contribution in [0.25, 0.3) is 0 Å². The van der Waals surface area contributed by atoms with E-state index in [1.807, 2.05) is 60.7 Å². The highest BCUT2D eigenvalue weighted by atomic mass is 16.3. The van der Waals surface area contributed by atoms with Crippen molar-refractivity contribution in [1.29, 1.82) is 0 Å². The molecule has 2 atom stereocenters.